The molecule has 3 N–H and O–H groups in total. The number of nitrogens with one attached hydrogen (secondary N) is 1. The Kier molecular flexibility index (Phi) is 4.44. The first-order valence-electron chi connectivity index (χ1n) is 7.11. The minimum atomic E-state index is 0.0495. The molecule has 1 aromatic carbocycles. The molecule has 1 saturated heterocycles. The zero-order chi connectivity index (χ0) is 15.0. The van der Waals surface area contributed by atoms with E-state index in [9.17, 15) is 4.79 Å². The van der Waals surface area contributed by atoms with E-state index in [0.717, 1.165) is 22.0 Å². The maximum atomic E-state index is 12.4. The van der Waals surface area contributed by atoms with Crippen LogP contribution in [0.4, 0.5) is 0 Å². The first-order chi connectivity index (χ1) is 9.19. The van der Waals surface area contributed by atoms with Crippen LogP contribution in [0.5, 0.6) is 0 Å². The standard InChI is InChI=1S/C16H23IN2O/c1-15(2)9-11(10-16(3,4)19-15)18-14(20)12-7-5-6-8-13(12)17/h5-8,11,19H,9-10H2,1-4H3,(H,18,20)/p+1. The van der Waals surface area contributed by atoms with Crippen molar-refractivity contribution >= 4 is 28.5 Å². The lowest BCUT2D eigenvalue weighted by atomic mass is 9.79. The summed E-state index contributed by atoms with van der Waals surface area (Å²) < 4.78 is 1.00. The molecule has 1 fully saturated rings. The van der Waals surface area contributed by atoms with Crippen molar-refractivity contribution in [3.05, 3.63) is 33.4 Å². The van der Waals surface area contributed by atoms with Crippen molar-refractivity contribution < 1.29 is 10.1 Å². The molecule has 20 heavy (non-hydrogen) atoms. The minimum Gasteiger partial charge on any atom is -0.349 e. The lowest BCUT2D eigenvalue weighted by Gasteiger charge is -2.43. The van der Waals surface area contributed by atoms with E-state index >= 15 is 0 Å². The minimum absolute atomic E-state index is 0.0495. The molecule has 0 spiro atoms. The number of nitrogens with two attached hydrogens (primary N) is 1. The first kappa shape index (κ1) is 15.8. The first-order valence-corrected chi connectivity index (χ1v) is 8.19. The van der Waals surface area contributed by atoms with Crippen LogP contribution in [0.15, 0.2) is 24.3 Å². The maximum Gasteiger partial charge on any atom is 0.252 e. The number of carbonyl (C=O) groups excluding carboxylic acids is 1. The van der Waals surface area contributed by atoms with Gasteiger partial charge in [0.25, 0.3) is 5.91 Å². The van der Waals surface area contributed by atoms with Crippen molar-refractivity contribution in [3.63, 3.8) is 0 Å². The Bertz CT molecular complexity index is 495. The van der Waals surface area contributed by atoms with Gasteiger partial charge in [-0.05, 0) is 62.4 Å². The van der Waals surface area contributed by atoms with Gasteiger partial charge in [-0.2, -0.15) is 0 Å². The molecular weight excluding hydrogens is 363 g/mol. The van der Waals surface area contributed by atoms with Gasteiger partial charge < -0.3 is 10.6 Å². The Balaban J connectivity index is 2.10. The number of amides is 1. The molecule has 0 unspecified atom stereocenters. The molecule has 0 saturated carbocycles. The molecule has 0 aliphatic carbocycles. The van der Waals surface area contributed by atoms with Gasteiger partial charge in [-0.1, -0.05) is 12.1 Å². The SMILES string of the molecule is CC1(C)CC(NC(=O)c2ccccc2I)CC(C)(C)[NH2+]1. The van der Waals surface area contributed by atoms with E-state index < -0.39 is 0 Å². The van der Waals surface area contributed by atoms with Gasteiger partial charge in [-0.3, -0.25) is 4.79 Å². The van der Waals surface area contributed by atoms with E-state index in [0.29, 0.717) is 0 Å². The second-order valence-electron chi connectivity index (χ2n) is 7.18. The maximum absolute atomic E-state index is 12.4. The predicted molar refractivity (Wildman–Crippen MR) is 89.7 cm³/mol. The van der Waals surface area contributed by atoms with Gasteiger partial charge in [-0.15, -0.1) is 0 Å². The van der Waals surface area contributed by atoms with Crippen molar-refractivity contribution in [2.45, 2.75) is 57.7 Å². The summed E-state index contributed by atoms with van der Waals surface area (Å²) in [5.74, 6) is 0.0495. The third-order valence-electron chi connectivity index (χ3n) is 3.78. The lowest BCUT2D eigenvalue weighted by Crippen LogP contribution is -3.06. The van der Waals surface area contributed by atoms with Crippen LogP contribution >= 0.6 is 22.6 Å². The molecule has 2 rings (SSSR count). The van der Waals surface area contributed by atoms with Crippen molar-refractivity contribution in [1.82, 2.24) is 5.32 Å². The average molecular weight is 387 g/mol. The van der Waals surface area contributed by atoms with Gasteiger partial charge in [-0.25, -0.2) is 0 Å². The Labute approximate surface area is 135 Å². The second-order valence-corrected chi connectivity index (χ2v) is 8.34. The largest absolute Gasteiger partial charge is 0.349 e. The molecular formula is C16H24IN2O+. The van der Waals surface area contributed by atoms with Gasteiger partial charge in [0, 0.05) is 22.5 Å². The molecule has 0 radical (unpaired) electrons. The van der Waals surface area contributed by atoms with Gasteiger partial charge in [0.2, 0.25) is 0 Å². The van der Waals surface area contributed by atoms with Crippen LogP contribution < -0.4 is 10.6 Å². The van der Waals surface area contributed by atoms with Crippen LogP contribution in [-0.2, 0) is 0 Å². The number of hydrogen-bond donors (Lipinski definition) is 2. The summed E-state index contributed by atoms with van der Waals surface area (Å²) in [5.41, 5.74) is 1.12. The van der Waals surface area contributed by atoms with E-state index in [1.165, 1.54) is 0 Å². The van der Waals surface area contributed by atoms with Crippen LogP contribution in [0.25, 0.3) is 0 Å². The summed E-state index contributed by atoms with van der Waals surface area (Å²) in [6.07, 6.45) is 2.01. The topological polar surface area (TPSA) is 45.7 Å². The highest BCUT2D eigenvalue weighted by Crippen LogP contribution is 2.22. The summed E-state index contributed by atoms with van der Waals surface area (Å²) in [6.45, 7) is 9.00. The highest BCUT2D eigenvalue weighted by atomic mass is 127. The number of piperidine rings is 1. The third kappa shape index (κ3) is 3.95. The Morgan fingerprint density at radius 1 is 1.20 bits per heavy atom. The number of benzene rings is 1. The van der Waals surface area contributed by atoms with E-state index in [4.69, 9.17) is 0 Å². The summed E-state index contributed by atoms with van der Waals surface area (Å²) in [5, 5.41) is 5.65. The predicted octanol–water partition coefficient (Wildman–Crippen LogP) is 2.30. The number of carbonyl (C=O) groups is 1. The normalized spacial score (nSPS) is 21.4. The molecule has 110 valence electrons. The summed E-state index contributed by atoms with van der Waals surface area (Å²) in [7, 11) is 0. The zero-order valence-corrected chi connectivity index (χ0v) is 14.8. The molecule has 1 aromatic rings. The second kappa shape index (κ2) is 5.64. The number of rotatable bonds is 2. The fourth-order valence-corrected chi connectivity index (χ4v) is 4.16. The monoisotopic (exact) mass is 387 g/mol. The molecule has 1 amide bonds. The smallest absolute Gasteiger partial charge is 0.252 e. The van der Waals surface area contributed by atoms with Crippen LogP contribution in [0.1, 0.15) is 50.9 Å². The molecule has 1 heterocycles. The molecule has 0 atom stereocenters. The molecule has 4 heteroatoms. The number of halogens is 1. The quantitative estimate of drug-likeness (QED) is 0.752. The van der Waals surface area contributed by atoms with Crippen LogP contribution in [0.2, 0.25) is 0 Å². The number of hydrogen-bond acceptors (Lipinski definition) is 1. The zero-order valence-electron chi connectivity index (χ0n) is 12.7. The fraction of sp³-hybridized carbons (Fsp3) is 0.562. The highest BCUT2D eigenvalue weighted by Gasteiger charge is 2.42. The Morgan fingerprint density at radius 2 is 1.75 bits per heavy atom. The third-order valence-corrected chi connectivity index (χ3v) is 4.72. The highest BCUT2D eigenvalue weighted by molar-refractivity contribution is 14.1. The average Bonchev–Trinajstić information content (AvgIpc) is 2.24. The van der Waals surface area contributed by atoms with E-state index in [1.807, 2.05) is 24.3 Å². The van der Waals surface area contributed by atoms with Crippen LogP contribution in [0.3, 0.4) is 0 Å². The molecule has 3 nitrogen and oxygen atoms in total. The van der Waals surface area contributed by atoms with Crippen LogP contribution in [0, 0.1) is 3.57 Å². The fourth-order valence-electron chi connectivity index (χ4n) is 3.53. The lowest BCUT2D eigenvalue weighted by molar-refractivity contribution is -0.787. The summed E-state index contributed by atoms with van der Waals surface area (Å²) in [4.78, 5) is 12.4. The van der Waals surface area contributed by atoms with E-state index in [-0.39, 0.29) is 23.0 Å². The number of quaternary nitrogens is 1. The van der Waals surface area contributed by atoms with Crippen molar-refractivity contribution in [2.75, 3.05) is 0 Å². The molecule has 0 aromatic heterocycles. The van der Waals surface area contributed by atoms with Gasteiger partial charge >= 0.3 is 0 Å². The van der Waals surface area contributed by atoms with Gasteiger partial charge in [0.15, 0.2) is 0 Å². The van der Waals surface area contributed by atoms with Crippen LogP contribution in [-0.4, -0.2) is 23.0 Å². The summed E-state index contributed by atoms with van der Waals surface area (Å²) in [6, 6.07) is 7.98. The molecule has 1 aliphatic rings. The Morgan fingerprint density at radius 3 is 2.30 bits per heavy atom. The Hall–Kier alpha value is -0.620. The summed E-state index contributed by atoms with van der Waals surface area (Å²) >= 11 is 2.22. The van der Waals surface area contributed by atoms with E-state index in [1.54, 1.807) is 0 Å². The van der Waals surface area contributed by atoms with E-state index in [2.05, 4.69) is 60.9 Å². The van der Waals surface area contributed by atoms with Crippen molar-refractivity contribution in [3.8, 4) is 0 Å². The van der Waals surface area contributed by atoms with Gasteiger partial charge in [0.05, 0.1) is 16.6 Å². The van der Waals surface area contributed by atoms with Gasteiger partial charge in [0.1, 0.15) is 0 Å². The molecule has 0 bridgehead atoms. The molecule has 1 aliphatic heterocycles. The van der Waals surface area contributed by atoms with Crippen molar-refractivity contribution in [2.24, 2.45) is 0 Å². The van der Waals surface area contributed by atoms with Crippen molar-refractivity contribution in [1.29, 1.82) is 0 Å².